The minimum Gasteiger partial charge on any atom is -0.506 e. The quantitative estimate of drug-likeness (QED) is 0.595. The van der Waals surface area contributed by atoms with E-state index in [1.807, 2.05) is 6.92 Å². The maximum absolute atomic E-state index is 13.2. The summed E-state index contributed by atoms with van der Waals surface area (Å²) in [6.07, 6.45) is 0.769. The molecule has 104 valence electrons. The molecule has 0 saturated heterocycles. The van der Waals surface area contributed by atoms with Gasteiger partial charge < -0.3 is 16.2 Å². The van der Waals surface area contributed by atoms with E-state index in [4.69, 9.17) is 5.73 Å². The molecule has 0 radical (unpaired) electrons. The molecule has 2 aromatic rings. The molecule has 0 bridgehead atoms. The highest BCUT2D eigenvalue weighted by atomic mass is 19.1. The summed E-state index contributed by atoms with van der Waals surface area (Å²) in [4.78, 5) is 12.1. The standard InChI is InChI=1S/C15H15FN2O2/c1-2-9-3-6-14(19)13(7-9)18-15(20)11-8-10(16)4-5-12(11)17/h3-8,19H,2,17H2,1H3,(H,18,20). The molecule has 0 fully saturated rings. The number of phenols is 1. The van der Waals surface area contributed by atoms with Crippen LogP contribution in [0.3, 0.4) is 0 Å². The van der Waals surface area contributed by atoms with Gasteiger partial charge in [-0.05, 0) is 42.3 Å². The second-order valence-corrected chi connectivity index (χ2v) is 4.39. The lowest BCUT2D eigenvalue weighted by atomic mass is 10.1. The maximum Gasteiger partial charge on any atom is 0.257 e. The molecule has 0 aliphatic carbocycles. The van der Waals surface area contributed by atoms with Crippen LogP contribution in [-0.2, 0) is 6.42 Å². The van der Waals surface area contributed by atoms with E-state index in [9.17, 15) is 14.3 Å². The molecule has 2 aromatic carbocycles. The minimum atomic E-state index is -0.564. The minimum absolute atomic E-state index is 0.0336. The van der Waals surface area contributed by atoms with E-state index in [-0.39, 0.29) is 22.7 Å². The molecule has 20 heavy (non-hydrogen) atoms. The van der Waals surface area contributed by atoms with Gasteiger partial charge in [0.2, 0.25) is 0 Å². The van der Waals surface area contributed by atoms with Crippen molar-refractivity contribution in [1.29, 1.82) is 0 Å². The maximum atomic E-state index is 13.2. The number of benzene rings is 2. The number of hydrogen-bond acceptors (Lipinski definition) is 3. The average molecular weight is 274 g/mol. The Balaban J connectivity index is 2.30. The topological polar surface area (TPSA) is 75.3 Å². The van der Waals surface area contributed by atoms with Crippen LogP contribution in [0.25, 0.3) is 0 Å². The van der Waals surface area contributed by atoms with Gasteiger partial charge in [0.25, 0.3) is 5.91 Å². The van der Waals surface area contributed by atoms with Crippen LogP contribution in [0.4, 0.5) is 15.8 Å². The smallest absolute Gasteiger partial charge is 0.257 e. The lowest BCUT2D eigenvalue weighted by molar-refractivity contribution is 0.102. The van der Waals surface area contributed by atoms with Gasteiger partial charge in [-0.25, -0.2) is 4.39 Å². The molecule has 0 spiro atoms. The van der Waals surface area contributed by atoms with Gasteiger partial charge in [0.05, 0.1) is 11.3 Å². The van der Waals surface area contributed by atoms with Crippen LogP contribution in [0.15, 0.2) is 36.4 Å². The third-order valence-electron chi connectivity index (χ3n) is 2.98. The number of halogens is 1. The number of nitrogens with two attached hydrogens (primary N) is 1. The van der Waals surface area contributed by atoms with E-state index in [0.717, 1.165) is 18.1 Å². The molecule has 0 saturated carbocycles. The first-order chi connectivity index (χ1) is 9.51. The number of rotatable bonds is 3. The zero-order chi connectivity index (χ0) is 14.7. The first-order valence-electron chi connectivity index (χ1n) is 6.19. The van der Waals surface area contributed by atoms with Crippen LogP contribution < -0.4 is 11.1 Å². The second-order valence-electron chi connectivity index (χ2n) is 4.39. The number of anilines is 2. The number of aromatic hydroxyl groups is 1. The van der Waals surface area contributed by atoms with Crippen molar-refractivity contribution in [2.45, 2.75) is 13.3 Å². The Hall–Kier alpha value is -2.56. The summed E-state index contributed by atoms with van der Waals surface area (Å²) >= 11 is 0. The second kappa shape index (κ2) is 5.61. The van der Waals surface area contributed by atoms with Crippen LogP contribution in [0.2, 0.25) is 0 Å². The number of carbonyl (C=O) groups excluding carboxylic acids is 1. The number of hydrogen-bond donors (Lipinski definition) is 3. The van der Waals surface area contributed by atoms with E-state index in [0.29, 0.717) is 0 Å². The van der Waals surface area contributed by atoms with Crippen LogP contribution in [-0.4, -0.2) is 11.0 Å². The van der Waals surface area contributed by atoms with E-state index < -0.39 is 11.7 Å². The Kier molecular flexibility index (Phi) is 3.89. The van der Waals surface area contributed by atoms with E-state index >= 15 is 0 Å². The molecular weight excluding hydrogens is 259 g/mol. The van der Waals surface area contributed by atoms with Crippen LogP contribution in [0.1, 0.15) is 22.8 Å². The van der Waals surface area contributed by atoms with Crippen LogP contribution >= 0.6 is 0 Å². The largest absolute Gasteiger partial charge is 0.506 e. The normalized spacial score (nSPS) is 10.3. The zero-order valence-corrected chi connectivity index (χ0v) is 11.0. The van der Waals surface area contributed by atoms with Crippen molar-refractivity contribution in [2.75, 3.05) is 11.1 Å². The molecule has 0 atom stereocenters. The highest BCUT2D eigenvalue weighted by molar-refractivity contribution is 6.08. The lowest BCUT2D eigenvalue weighted by Crippen LogP contribution is -2.14. The molecular formula is C15H15FN2O2. The molecule has 4 N–H and O–H groups in total. The molecule has 0 aromatic heterocycles. The Morgan fingerprint density at radius 1 is 1.30 bits per heavy atom. The Morgan fingerprint density at radius 3 is 2.75 bits per heavy atom. The van der Waals surface area contributed by atoms with Crippen LogP contribution in [0, 0.1) is 5.82 Å². The van der Waals surface area contributed by atoms with Gasteiger partial charge in [0.15, 0.2) is 0 Å². The number of phenolic OH excluding ortho intramolecular Hbond substituents is 1. The summed E-state index contributed by atoms with van der Waals surface area (Å²) in [6, 6.07) is 8.51. The number of carbonyl (C=O) groups is 1. The average Bonchev–Trinajstić information content (AvgIpc) is 2.43. The summed E-state index contributed by atoms with van der Waals surface area (Å²) in [6.45, 7) is 1.96. The molecule has 2 rings (SSSR count). The monoisotopic (exact) mass is 274 g/mol. The van der Waals surface area contributed by atoms with Crippen molar-refractivity contribution in [1.82, 2.24) is 0 Å². The number of aryl methyl sites for hydroxylation is 1. The third kappa shape index (κ3) is 2.88. The molecule has 5 heteroatoms. The van der Waals surface area contributed by atoms with Crippen LogP contribution in [0.5, 0.6) is 5.75 Å². The van der Waals surface area contributed by atoms with Gasteiger partial charge in [0, 0.05) is 5.69 Å². The Bertz CT molecular complexity index is 656. The third-order valence-corrected chi connectivity index (χ3v) is 2.98. The number of amides is 1. The molecule has 0 unspecified atom stereocenters. The van der Waals surface area contributed by atoms with Crippen molar-refractivity contribution in [3.63, 3.8) is 0 Å². The fourth-order valence-electron chi connectivity index (χ4n) is 1.82. The summed E-state index contributed by atoms with van der Waals surface area (Å²) in [7, 11) is 0. The fraction of sp³-hybridized carbons (Fsp3) is 0.133. The van der Waals surface area contributed by atoms with Gasteiger partial charge in [-0.15, -0.1) is 0 Å². The van der Waals surface area contributed by atoms with Crippen molar-refractivity contribution in [3.05, 3.63) is 53.3 Å². The summed E-state index contributed by atoms with van der Waals surface area (Å²) < 4.78 is 13.2. The Morgan fingerprint density at radius 2 is 2.05 bits per heavy atom. The van der Waals surface area contributed by atoms with Gasteiger partial charge in [-0.3, -0.25) is 4.79 Å². The van der Waals surface area contributed by atoms with Crippen molar-refractivity contribution < 1.29 is 14.3 Å². The van der Waals surface area contributed by atoms with E-state index in [1.54, 1.807) is 12.1 Å². The molecule has 4 nitrogen and oxygen atoms in total. The molecule has 1 amide bonds. The number of nitrogens with one attached hydrogen (secondary N) is 1. The first-order valence-corrected chi connectivity index (χ1v) is 6.19. The SMILES string of the molecule is CCc1ccc(O)c(NC(=O)c2cc(F)ccc2N)c1. The van der Waals surface area contributed by atoms with Gasteiger partial charge in [-0.2, -0.15) is 0 Å². The molecule has 0 aliphatic rings. The lowest BCUT2D eigenvalue weighted by Gasteiger charge is -2.10. The summed E-state index contributed by atoms with van der Waals surface area (Å²) in [5.74, 6) is -1.16. The van der Waals surface area contributed by atoms with Crippen molar-refractivity contribution in [2.24, 2.45) is 0 Å². The Labute approximate surface area is 116 Å². The van der Waals surface area contributed by atoms with E-state index in [1.165, 1.54) is 18.2 Å². The van der Waals surface area contributed by atoms with Gasteiger partial charge in [-0.1, -0.05) is 13.0 Å². The summed E-state index contributed by atoms with van der Waals surface area (Å²) in [5, 5.41) is 12.3. The van der Waals surface area contributed by atoms with Crippen molar-refractivity contribution >= 4 is 17.3 Å². The molecule has 0 heterocycles. The zero-order valence-electron chi connectivity index (χ0n) is 11.0. The predicted molar refractivity (Wildman–Crippen MR) is 76.3 cm³/mol. The molecule has 0 aliphatic heterocycles. The highest BCUT2D eigenvalue weighted by Crippen LogP contribution is 2.26. The number of nitrogen functional groups attached to an aromatic ring is 1. The van der Waals surface area contributed by atoms with Gasteiger partial charge >= 0.3 is 0 Å². The van der Waals surface area contributed by atoms with Gasteiger partial charge in [0.1, 0.15) is 11.6 Å². The fourth-order valence-corrected chi connectivity index (χ4v) is 1.82. The van der Waals surface area contributed by atoms with Crippen molar-refractivity contribution in [3.8, 4) is 5.75 Å². The summed E-state index contributed by atoms with van der Waals surface area (Å²) in [5.41, 5.74) is 7.10. The first kappa shape index (κ1) is 13.9. The van der Waals surface area contributed by atoms with E-state index in [2.05, 4.69) is 5.32 Å². The predicted octanol–water partition coefficient (Wildman–Crippen LogP) is 2.93. The highest BCUT2D eigenvalue weighted by Gasteiger charge is 2.13.